The van der Waals surface area contributed by atoms with Crippen molar-refractivity contribution in [3.8, 4) is 0 Å². The second kappa shape index (κ2) is 8.97. The summed E-state index contributed by atoms with van der Waals surface area (Å²) in [6.45, 7) is 9.01. The van der Waals surface area contributed by atoms with Crippen LogP contribution in [0.5, 0.6) is 0 Å². The summed E-state index contributed by atoms with van der Waals surface area (Å²) in [5, 5.41) is 0. The van der Waals surface area contributed by atoms with Gasteiger partial charge >= 0.3 is 0 Å². The van der Waals surface area contributed by atoms with Crippen LogP contribution in [0.3, 0.4) is 0 Å². The van der Waals surface area contributed by atoms with E-state index in [9.17, 15) is 16.8 Å². The Morgan fingerprint density at radius 2 is 1.65 bits per heavy atom. The van der Waals surface area contributed by atoms with Gasteiger partial charge in [-0.3, -0.25) is 4.18 Å². The second-order valence-corrected chi connectivity index (χ2v) is 11.0. The fraction of sp³-hybridized carbons (Fsp3) is 0.529. The van der Waals surface area contributed by atoms with E-state index in [1.54, 1.807) is 19.9 Å². The molecular weight excluding hydrogens is 442 g/mol. The van der Waals surface area contributed by atoms with Crippen LogP contribution in [0.1, 0.15) is 30.5 Å². The minimum atomic E-state index is -3.75. The van der Waals surface area contributed by atoms with Gasteiger partial charge in [-0.2, -0.15) is 8.42 Å². The van der Waals surface area contributed by atoms with Crippen molar-refractivity contribution in [3.63, 3.8) is 0 Å². The summed E-state index contributed by atoms with van der Waals surface area (Å²) >= 11 is 3.24. The van der Waals surface area contributed by atoms with Gasteiger partial charge in [-0.1, -0.05) is 53.5 Å². The third-order valence-corrected chi connectivity index (χ3v) is 6.46. The quantitative estimate of drug-likeness (QED) is 0.592. The molecule has 0 aromatic heterocycles. The van der Waals surface area contributed by atoms with Gasteiger partial charge in [0, 0.05) is 10.5 Å². The topological polar surface area (TPSA) is 89.5 Å². The van der Waals surface area contributed by atoms with Crippen molar-refractivity contribution in [1.29, 1.82) is 0 Å². The molecule has 0 aliphatic heterocycles. The molecule has 1 unspecified atom stereocenters. The number of hydrogen-bond acceptors (Lipinski definition) is 5. The third-order valence-electron chi connectivity index (χ3n) is 3.65. The van der Waals surface area contributed by atoms with E-state index in [0.717, 1.165) is 11.8 Å². The molecule has 0 bridgehead atoms. The predicted octanol–water partition coefficient (Wildman–Crippen LogP) is 3.17. The molecule has 0 radical (unpaired) electrons. The molecule has 1 atom stereocenters. The highest BCUT2D eigenvalue weighted by atomic mass is 79.9. The van der Waals surface area contributed by atoms with Crippen molar-refractivity contribution in [1.82, 2.24) is 4.72 Å². The SMILES string of the molecule is Cc1cc(C)c(S(=O)(=O)NC(/C=C(\Br)COS(C)(=O)=O)C(C)C)c(C)c1. The van der Waals surface area contributed by atoms with Crippen LogP contribution >= 0.6 is 15.9 Å². The molecule has 1 rings (SSSR count). The van der Waals surface area contributed by atoms with E-state index in [-0.39, 0.29) is 17.4 Å². The van der Waals surface area contributed by atoms with Crippen LogP contribution in [-0.4, -0.2) is 35.7 Å². The van der Waals surface area contributed by atoms with Crippen LogP contribution in [0, 0.1) is 26.7 Å². The summed E-state index contributed by atoms with van der Waals surface area (Å²) in [7, 11) is -7.32. The maximum Gasteiger partial charge on any atom is 0.264 e. The van der Waals surface area contributed by atoms with Crippen molar-refractivity contribution in [2.45, 2.75) is 45.6 Å². The summed E-state index contributed by atoms with van der Waals surface area (Å²) in [6.07, 6.45) is 2.57. The van der Waals surface area contributed by atoms with Crippen LogP contribution in [0.4, 0.5) is 0 Å². The van der Waals surface area contributed by atoms with Gasteiger partial charge in [0.1, 0.15) is 0 Å². The number of halogens is 1. The zero-order valence-corrected chi connectivity index (χ0v) is 19.0. The van der Waals surface area contributed by atoms with Crippen LogP contribution in [0.15, 0.2) is 27.6 Å². The van der Waals surface area contributed by atoms with E-state index >= 15 is 0 Å². The minimum absolute atomic E-state index is 0.0541. The van der Waals surface area contributed by atoms with Crippen molar-refractivity contribution >= 4 is 36.1 Å². The summed E-state index contributed by atoms with van der Waals surface area (Å²) in [6, 6.07) is 3.13. The van der Waals surface area contributed by atoms with Gasteiger partial charge in [-0.25, -0.2) is 13.1 Å². The fourth-order valence-electron chi connectivity index (χ4n) is 2.60. The molecule has 1 aromatic carbocycles. The molecule has 1 aromatic rings. The summed E-state index contributed by atoms with van der Waals surface area (Å²) < 4.78 is 55.9. The Kier molecular flexibility index (Phi) is 8.04. The summed E-state index contributed by atoms with van der Waals surface area (Å²) in [5.41, 5.74) is 2.36. The Labute approximate surface area is 165 Å². The van der Waals surface area contributed by atoms with Gasteiger partial charge in [0.15, 0.2) is 0 Å². The maximum atomic E-state index is 12.9. The summed E-state index contributed by atoms with van der Waals surface area (Å²) in [4.78, 5) is 0.269. The maximum absolute atomic E-state index is 12.9. The first kappa shape index (κ1) is 23.3. The van der Waals surface area contributed by atoms with Gasteiger partial charge in [-0.05, 0) is 37.8 Å². The Bertz CT molecular complexity index is 867. The van der Waals surface area contributed by atoms with E-state index in [0.29, 0.717) is 15.6 Å². The summed E-state index contributed by atoms with van der Waals surface area (Å²) in [5.74, 6) is -0.0541. The van der Waals surface area contributed by atoms with Gasteiger partial charge in [0.25, 0.3) is 10.1 Å². The minimum Gasteiger partial charge on any atom is -0.265 e. The molecule has 148 valence electrons. The first-order chi connectivity index (χ1) is 11.7. The van der Waals surface area contributed by atoms with Crippen LogP contribution in [-0.2, 0) is 24.3 Å². The molecule has 0 saturated carbocycles. The molecular formula is C17H26BrNO5S2. The second-order valence-electron chi connectivity index (χ2n) is 6.70. The lowest BCUT2D eigenvalue weighted by Gasteiger charge is -2.21. The molecule has 0 aliphatic rings. The lowest BCUT2D eigenvalue weighted by Crippen LogP contribution is -2.38. The van der Waals surface area contributed by atoms with Crippen molar-refractivity contribution in [2.24, 2.45) is 5.92 Å². The lowest BCUT2D eigenvalue weighted by molar-refractivity contribution is 0.358. The molecule has 0 fully saturated rings. The fourth-order valence-corrected chi connectivity index (χ4v) is 5.27. The van der Waals surface area contributed by atoms with Gasteiger partial charge in [0.05, 0.1) is 17.8 Å². The van der Waals surface area contributed by atoms with Crippen LogP contribution in [0.2, 0.25) is 0 Å². The molecule has 0 saturated heterocycles. The number of hydrogen-bond donors (Lipinski definition) is 1. The van der Waals surface area contributed by atoms with Crippen molar-refractivity contribution in [3.05, 3.63) is 39.4 Å². The molecule has 0 amide bonds. The molecule has 0 aliphatic carbocycles. The van der Waals surface area contributed by atoms with E-state index in [1.807, 2.05) is 32.9 Å². The largest absolute Gasteiger partial charge is 0.265 e. The van der Waals surface area contributed by atoms with Gasteiger partial charge in [0.2, 0.25) is 10.0 Å². The highest BCUT2D eigenvalue weighted by Crippen LogP contribution is 2.23. The standard InChI is InChI=1S/C17H26BrNO5S2/c1-11(2)16(9-15(18)10-24-25(6,20)21)19-26(22,23)17-13(4)7-12(3)8-14(17)5/h7-9,11,16,19H,10H2,1-6H3/b15-9-. The number of rotatable bonds is 8. The normalized spacial score (nSPS) is 14.7. The zero-order chi connectivity index (χ0) is 20.3. The van der Waals surface area contributed by atoms with E-state index < -0.39 is 26.2 Å². The first-order valence-corrected chi connectivity index (χ1v) is 12.1. The molecule has 0 spiro atoms. The van der Waals surface area contributed by atoms with Crippen molar-refractivity contribution in [2.75, 3.05) is 12.9 Å². The number of benzene rings is 1. The molecule has 0 heterocycles. The Morgan fingerprint density at radius 3 is 2.08 bits per heavy atom. The first-order valence-electron chi connectivity index (χ1n) is 8.03. The zero-order valence-electron chi connectivity index (χ0n) is 15.8. The van der Waals surface area contributed by atoms with Gasteiger partial charge < -0.3 is 0 Å². The average Bonchev–Trinajstić information content (AvgIpc) is 2.41. The Morgan fingerprint density at radius 1 is 1.15 bits per heavy atom. The van der Waals surface area contributed by atoms with E-state index in [4.69, 9.17) is 4.18 Å². The highest BCUT2D eigenvalue weighted by Gasteiger charge is 2.25. The van der Waals surface area contributed by atoms with Crippen LogP contribution in [0.25, 0.3) is 0 Å². The smallest absolute Gasteiger partial charge is 0.264 e. The molecule has 6 nitrogen and oxygen atoms in total. The lowest BCUT2D eigenvalue weighted by atomic mass is 10.1. The van der Waals surface area contributed by atoms with Crippen LogP contribution < -0.4 is 4.72 Å². The number of nitrogens with one attached hydrogen (secondary N) is 1. The highest BCUT2D eigenvalue weighted by molar-refractivity contribution is 9.11. The third kappa shape index (κ3) is 7.11. The molecule has 1 N–H and O–H groups in total. The predicted molar refractivity (Wildman–Crippen MR) is 107 cm³/mol. The monoisotopic (exact) mass is 467 g/mol. The van der Waals surface area contributed by atoms with E-state index in [1.165, 1.54) is 0 Å². The van der Waals surface area contributed by atoms with Crippen molar-refractivity contribution < 1.29 is 21.0 Å². The number of sulfonamides is 1. The Hall–Kier alpha value is -0.740. The average molecular weight is 468 g/mol. The van der Waals surface area contributed by atoms with Gasteiger partial charge in [-0.15, -0.1) is 0 Å². The van der Waals surface area contributed by atoms with E-state index in [2.05, 4.69) is 20.7 Å². The number of aryl methyl sites for hydroxylation is 3. The molecule has 9 heteroatoms. The Balaban J connectivity index is 3.14. The molecule has 26 heavy (non-hydrogen) atoms.